The van der Waals surface area contributed by atoms with E-state index < -0.39 is 10.8 Å². The van der Waals surface area contributed by atoms with Gasteiger partial charge in [0.1, 0.15) is 11.4 Å². The van der Waals surface area contributed by atoms with Crippen molar-refractivity contribution in [2.75, 3.05) is 0 Å². The number of hydrogen-bond donors (Lipinski definition) is 0. The van der Waals surface area contributed by atoms with E-state index in [-0.39, 0.29) is 16.3 Å². The summed E-state index contributed by atoms with van der Waals surface area (Å²) >= 11 is 5.96. The monoisotopic (exact) mass is 293 g/mol. The number of nitro benzene ring substituents is 1. The Bertz CT molecular complexity index is 694. The van der Waals surface area contributed by atoms with Crippen molar-refractivity contribution in [3.8, 4) is 0 Å². The third-order valence-electron chi connectivity index (χ3n) is 2.84. The van der Waals surface area contributed by atoms with Gasteiger partial charge in [-0.05, 0) is 13.0 Å². The number of carbonyl (C=O) groups is 1. The van der Waals surface area contributed by atoms with Crippen LogP contribution in [-0.2, 0) is 6.42 Å². The number of nitro groups is 1. The van der Waals surface area contributed by atoms with Gasteiger partial charge in [-0.3, -0.25) is 19.5 Å². The average molecular weight is 294 g/mol. The van der Waals surface area contributed by atoms with Gasteiger partial charge in [-0.2, -0.15) is 0 Å². The standard InChI is InChI=1S/C13H12ClN3O3/c1-3-11-15-8(2)7-16(11)13(18)12-9(14)5-4-6-10(12)17(19)20/h4-7H,3H2,1-2H3. The normalized spacial score (nSPS) is 10.6. The van der Waals surface area contributed by atoms with Gasteiger partial charge in [0.05, 0.1) is 15.6 Å². The molecule has 0 saturated heterocycles. The Labute approximate surface area is 120 Å². The third-order valence-corrected chi connectivity index (χ3v) is 3.15. The van der Waals surface area contributed by atoms with Crippen molar-refractivity contribution in [3.05, 3.63) is 56.6 Å². The maximum Gasteiger partial charge on any atom is 0.283 e. The van der Waals surface area contributed by atoms with Gasteiger partial charge in [-0.15, -0.1) is 0 Å². The van der Waals surface area contributed by atoms with Crippen LogP contribution in [0.2, 0.25) is 5.02 Å². The molecule has 0 aliphatic heterocycles. The van der Waals surface area contributed by atoms with Crippen molar-refractivity contribution in [2.45, 2.75) is 20.3 Å². The van der Waals surface area contributed by atoms with Crippen LogP contribution in [0.5, 0.6) is 0 Å². The summed E-state index contributed by atoms with van der Waals surface area (Å²) in [5.74, 6) is 0.00136. The topological polar surface area (TPSA) is 78.0 Å². The molecule has 104 valence electrons. The van der Waals surface area contributed by atoms with Crippen LogP contribution < -0.4 is 0 Å². The number of halogens is 1. The van der Waals surface area contributed by atoms with Crippen LogP contribution in [0.3, 0.4) is 0 Å². The van der Waals surface area contributed by atoms with E-state index in [1.54, 1.807) is 13.1 Å². The van der Waals surface area contributed by atoms with E-state index in [1.165, 1.54) is 22.8 Å². The predicted molar refractivity (Wildman–Crippen MR) is 74.2 cm³/mol. The molecule has 0 atom stereocenters. The Balaban J connectivity index is 2.62. The minimum absolute atomic E-state index is 0.0533. The lowest BCUT2D eigenvalue weighted by Gasteiger charge is -2.07. The number of imidazole rings is 1. The van der Waals surface area contributed by atoms with Gasteiger partial charge < -0.3 is 0 Å². The van der Waals surface area contributed by atoms with Crippen LogP contribution >= 0.6 is 11.6 Å². The molecular weight excluding hydrogens is 282 g/mol. The third kappa shape index (κ3) is 2.42. The zero-order valence-corrected chi connectivity index (χ0v) is 11.7. The van der Waals surface area contributed by atoms with E-state index in [2.05, 4.69) is 4.98 Å². The first-order chi connectivity index (χ1) is 9.45. The van der Waals surface area contributed by atoms with E-state index in [0.29, 0.717) is 17.9 Å². The highest BCUT2D eigenvalue weighted by molar-refractivity contribution is 6.34. The summed E-state index contributed by atoms with van der Waals surface area (Å²) in [7, 11) is 0. The second-order valence-electron chi connectivity index (χ2n) is 4.22. The highest BCUT2D eigenvalue weighted by Gasteiger charge is 2.25. The Hall–Kier alpha value is -2.21. The van der Waals surface area contributed by atoms with Crippen LogP contribution in [0.25, 0.3) is 0 Å². The molecule has 0 aliphatic carbocycles. The summed E-state index contributed by atoms with van der Waals surface area (Å²) in [6.07, 6.45) is 2.09. The van der Waals surface area contributed by atoms with E-state index in [9.17, 15) is 14.9 Å². The first kappa shape index (κ1) is 14.2. The zero-order valence-electron chi connectivity index (χ0n) is 11.0. The molecule has 0 aliphatic rings. The molecule has 2 aromatic rings. The van der Waals surface area contributed by atoms with E-state index in [4.69, 9.17) is 11.6 Å². The van der Waals surface area contributed by atoms with Crippen molar-refractivity contribution in [1.29, 1.82) is 0 Å². The number of aryl methyl sites for hydroxylation is 2. The number of nitrogens with zero attached hydrogens (tertiary/aromatic N) is 3. The fourth-order valence-electron chi connectivity index (χ4n) is 1.97. The highest BCUT2D eigenvalue weighted by Crippen LogP contribution is 2.27. The maximum absolute atomic E-state index is 12.5. The Morgan fingerprint density at radius 2 is 2.20 bits per heavy atom. The van der Waals surface area contributed by atoms with E-state index in [0.717, 1.165) is 0 Å². The second-order valence-corrected chi connectivity index (χ2v) is 4.63. The molecule has 0 fully saturated rings. The van der Waals surface area contributed by atoms with Gasteiger partial charge in [0.2, 0.25) is 0 Å². The largest absolute Gasteiger partial charge is 0.283 e. The Morgan fingerprint density at radius 1 is 1.50 bits per heavy atom. The molecule has 2 rings (SSSR count). The quantitative estimate of drug-likeness (QED) is 0.644. The van der Waals surface area contributed by atoms with Crippen molar-refractivity contribution in [3.63, 3.8) is 0 Å². The summed E-state index contributed by atoms with van der Waals surface area (Å²) in [6, 6.07) is 4.16. The van der Waals surface area contributed by atoms with Crippen molar-refractivity contribution < 1.29 is 9.72 Å². The first-order valence-electron chi connectivity index (χ1n) is 5.98. The number of rotatable bonds is 3. The van der Waals surface area contributed by atoms with Gasteiger partial charge in [-0.25, -0.2) is 4.98 Å². The molecule has 1 heterocycles. The molecule has 0 bridgehead atoms. The molecule has 0 saturated carbocycles. The summed E-state index contributed by atoms with van der Waals surface area (Å²) in [5, 5.41) is 11.1. The lowest BCUT2D eigenvalue weighted by Crippen LogP contribution is -2.16. The minimum atomic E-state index is -0.617. The molecule has 0 spiro atoms. The van der Waals surface area contributed by atoms with E-state index >= 15 is 0 Å². The smallest absolute Gasteiger partial charge is 0.269 e. The molecule has 0 radical (unpaired) electrons. The molecule has 0 unspecified atom stereocenters. The van der Waals surface area contributed by atoms with Gasteiger partial charge in [0.25, 0.3) is 11.6 Å². The summed E-state index contributed by atoms with van der Waals surface area (Å²) in [5.41, 5.74) is 0.243. The van der Waals surface area contributed by atoms with Gasteiger partial charge in [-0.1, -0.05) is 24.6 Å². The van der Waals surface area contributed by atoms with Gasteiger partial charge in [0, 0.05) is 18.7 Å². The molecule has 0 N–H and O–H groups in total. The van der Waals surface area contributed by atoms with Crippen molar-refractivity contribution in [2.24, 2.45) is 0 Å². The zero-order chi connectivity index (χ0) is 14.9. The number of carbonyl (C=O) groups excluding carboxylic acids is 1. The Morgan fingerprint density at radius 3 is 2.80 bits per heavy atom. The summed E-state index contributed by atoms with van der Waals surface area (Å²) < 4.78 is 1.31. The second kappa shape index (κ2) is 5.42. The average Bonchev–Trinajstić information content (AvgIpc) is 2.78. The molecule has 1 aromatic heterocycles. The Kier molecular flexibility index (Phi) is 3.85. The molecular formula is C13H12ClN3O3. The number of benzene rings is 1. The maximum atomic E-state index is 12.5. The lowest BCUT2D eigenvalue weighted by atomic mass is 10.1. The predicted octanol–water partition coefficient (Wildman–Crippen LogP) is 3.00. The SMILES string of the molecule is CCc1nc(C)cn1C(=O)c1c(Cl)cccc1[N+](=O)[O-]. The first-order valence-corrected chi connectivity index (χ1v) is 6.36. The highest BCUT2D eigenvalue weighted by atomic mass is 35.5. The number of aromatic nitrogens is 2. The fourth-order valence-corrected chi connectivity index (χ4v) is 2.22. The van der Waals surface area contributed by atoms with Crippen LogP contribution in [-0.4, -0.2) is 20.4 Å². The van der Waals surface area contributed by atoms with E-state index in [1.807, 2.05) is 6.92 Å². The van der Waals surface area contributed by atoms with Gasteiger partial charge >= 0.3 is 0 Å². The summed E-state index contributed by atoms with van der Waals surface area (Å²) in [4.78, 5) is 27.2. The molecule has 1 aromatic carbocycles. The molecule has 7 heteroatoms. The van der Waals surface area contributed by atoms with Gasteiger partial charge in [0.15, 0.2) is 0 Å². The molecule has 6 nitrogen and oxygen atoms in total. The lowest BCUT2D eigenvalue weighted by molar-refractivity contribution is -0.385. The van der Waals surface area contributed by atoms with Crippen molar-refractivity contribution >= 4 is 23.2 Å². The fraction of sp³-hybridized carbons (Fsp3) is 0.231. The van der Waals surface area contributed by atoms with Crippen molar-refractivity contribution in [1.82, 2.24) is 9.55 Å². The van der Waals surface area contributed by atoms with Crippen LogP contribution in [0.15, 0.2) is 24.4 Å². The molecule has 20 heavy (non-hydrogen) atoms. The minimum Gasteiger partial charge on any atom is -0.269 e. The molecule has 0 amide bonds. The summed E-state index contributed by atoms with van der Waals surface area (Å²) in [6.45, 7) is 3.61. The number of hydrogen-bond acceptors (Lipinski definition) is 4. The van der Waals surface area contributed by atoms with Crippen LogP contribution in [0, 0.1) is 17.0 Å². The van der Waals surface area contributed by atoms with Crippen LogP contribution in [0.4, 0.5) is 5.69 Å². The van der Waals surface area contributed by atoms with Crippen LogP contribution in [0.1, 0.15) is 28.8 Å².